The van der Waals surface area contributed by atoms with Gasteiger partial charge in [0.2, 0.25) is 0 Å². The van der Waals surface area contributed by atoms with Crippen molar-refractivity contribution in [1.82, 2.24) is 0 Å². The van der Waals surface area contributed by atoms with E-state index in [9.17, 15) is 13.2 Å². The first-order valence-corrected chi connectivity index (χ1v) is 5.51. The molecule has 0 aliphatic rings. The van der Waals surface area contributed by atoms with Crippen LogP contribution in [0.15, 0.2) is 18.2 Å². The fraction of sp³-hybridized carbons (Fsp3) is 0.500. The van der Waals surface area contributed by atoms with Crippen molar-refractivity contribution in [1.29, 1.82) is 0 Å². The molecule has 2 N–H and O–H groups in total. The largest absolute Gasteiger partial charge is 0.416 e. The van der Waals surface area contributed by atoms with Crippen molar-refractivity contribution in [2.75, 3.05) is 18.5 Å². The van der Waals surface area contributed by atoms with Gasteiger partial charge in [0, 0.05) is 25.8 Å². The molecule has 17 heavy (non-hydrogen) atoms. The summed E-state index contributed by atoms with van der Waals surface area (Å²) < 4.78 is 37.6. The first-order chi connectivity index (χ1) is 7.90. The summed E-state index contributed by atoms with van der Waals surface area (Å²) in [6, 6.07) is 3.71. The van der Waals surface area contributed by atoms with Gasteiger partial charge in [0.15, 0.2) is 0 Å². The van der Waals surface area contributed by atoms with E-state index in [1.54, 1.807) is 0 Å². The van der Waals surface area contributed by atoms with Crippen molar-refractivity contribution >= 4 is 5.69 Å². The Bertz CT molecular complexity index is 375. The maximum Gasteiger partial charge on any atom is 0.416 e. The molecule has 0 fully saturated rings. The fourth-order valence-electron chi connectivity index (χ4n) is 1.75. The summed E-state index contributed by atoms with van der Waals surface area (Å²) in [7, 11) is 1.85. The molecule has 0 radical (unpaired) electrons. The van der Waals surface area contributed by atoms with Gasteiger partial charge in [-0.1, -0.05) is 6.92 Å². The average Bonchev–Trinajstić information content (AvgIpc) is 2.27. The van der Waals surface area contributed by atoms with Crippen molar-refractivity contribution < 1.29 is 13.2 Å². The van der Waals surface area contributed by atoms with E-state index in [-0.39, 0.29) is 6.54 Å². The highest BCUT2D eigenvalue weighted by atomic mass is 19.4. The molecule has 1 rings (SSSR count). The molecule has 1 aromatic rings. The van der Waals surface area contributed by atoms with Crippen molar-refractivity contribution in [3.05, 3.63) is 29.3 Å². The van der Waals surface area contributed by atoms with Crippen LogP contribution in [0.3, 0.4) is 0 Å². The van der Waals surface area contributed by atoms with E-state index in [2.05, 4.69) is 0 Å². The Balaban J connectivity index is 3.10. The Kier molecular flexibility index (Phi) is 4.40. The quantitative estimate of drug-likeness (QED) is 0.884. The molecule has 1 aromatic carbocycles. The molecule has 0 amide bonds. The molecule has 0 heterocycles. The van der Waals surface area contributed by atoms with Crippen LogP contribution in [0.4, 0.5) is 18.9 Å². The summed E-state index contributed by atoms with van der Waals surface area (Å²) in [6.07, 6.45) is -3.38. The lowest BCUT2D eigenvalue weighted by Gasteiger charge is -2.22. The van der Waals surface area contributed by atoms with Gasteiger partial charge in [-0.3, -0.25) is 0 Å². The highest BCUT2D eigenvalue weighted by Gasteiger charge is 2.31. The number of hydrogen-bond donors (Lipinski definition) is 1. The minimum atomic E-state index is -4.31. The minimum Gasteiger partial charge on any atom is -0.374 e. The number of nitrogens with zero attached hydrogens (tertiary/aromatic N) is 1. The smallest absolute Gasteiger partial charge is 0.374 e. The highest BCUT2D eigenvalue weighted by Crippen LogP contribution is 2.32. The molecule has 0 saturated carbocycles. The molecule has 0 atom stereocenters. The van der Waals surface area contributed by atoms with Crippen molar-refractivity contribution in [3.8, 4) is 0 Å². The molecule has 0 saturated heterocycles. The topological polar surface area (TPSA) is 29.3 Å². The zero-order valence-electron chi connectivity index (χ0n) is 10.0. The standard InChI is InChI=1S/C12H17F3N2/c1-3-6-17(2)11-5-4-10(12(13,14)15)7-9(11)8-16/h4-5,7H,3,6,8,16H2,1-2H3. The third kappa shape index (κ3) is 3.36. The van der Waals surface area contributed by atoms with E-state index >= 15 is 0 Å². The Hall–Kier alpha value is -1.23. The van der Waals surface area contributed by atoms with Gasteiger partial charge in [0.1, 0.15) is 0 Å². The van der Waals surface area contributed by atoms with Gasteiger partial charge in [-0.2, -0.15) is 13.2 Å². The highest BCUT2D eigenvalue weighted by molar-refractivity contribution is 5.54. The van der Waals surface area contributed by atoms with Crippen LogP contribution in [0.25, 0.3) is 0 Å². The number of hydrogen-bond acceptors (Lipinski definition) is 2. The predicted octanol–water partition coefficient (Wildman–Crippen LogP) is 3.01. The summed E-state index contributed by atoms with van der Waals surface area (Å²) in [5, 5.41) is 0. The number of alkyl halides is 3. The predicted molar refractivity (Wildman–Crippen MR) is 62.9 cm³/mol. The second-order valence-corrected chi connectivity index (χ2v) is 3.97. The molecular weight excluding hydrogens is 229 g/mol. The molecule has 0 unspecified atom stereocenters. The molecule has 2 nitrogen and oxygen atoms in total. The Morgan fingerprint density at radius 3 is 2.41 bits per heavy atom. The van der Waals surface area contributed by atoms with Crippen molar-refractivity contribution in [3.63, 3.8) is 0 Å². The van der Waals surface area contributed by atoms with Crippen LogP contribution in [0.5, 0.6) is 0 Å². The van der Waals surface area contributed by atoms with Crippen LogP contribution in [-0.2, 0) is 12.7 Å². The summed E-state index contributed by atoms with van der Waals surface area (Å²) >= 11 is 0. The van der Waals surface area contributed by atoms with Gasteiger partial charge in [-0.25, -0.2) is 0 Å². The van der Waals surface area contributed by atoms with Crippen LogP contribution < -0.4 is 10.6 Å². The summed E-state index contributed by atoms with van der Waals surface area (Å²) in [4.78, 5) is 1.92. The SMILES string of the molecule is CCCN(C)c1ccc(C(F)(F)F)cc1CN. The van der Waals surface area contributed by atoms with Crippen molar-refractivity contribution in [2.45, 2.75) is 26.1 Å². The molecule has 0 aliphatic carbocycles. The molecule has 0 aliphatic heterocycles. The van der Waals surface area contributed by atoms with Crippen LogP contribution >= 0.6 is 0 Å². The lowest BCUT2D eigenvalue weighted by Crippen LogP contribution is -2.20. The third-order valence-electron chi connectivity index (χ3n) is 2.60. The van der Waals surface area contributed by atoms with E-state index in [4.69, 9.17) is 5.73 Å². The van der Waals surface area contributed by atoms with E-state index in [1.807, 2.05) is 18.9 Å². The first-order valence-electron chi connectivity index (χ1n) is 5.51. The zero-order valence-corrected chi connectivity index (χ0v) is 10.0. The fourth-order valence-corrected chi connectivity index (χ4v) is 1.75. The van der Waals surface area contributed by atoms with Gasteiger partial charge in [-0.15, -0.1) is 0 Å². The Morgan fingerprint density at radius 2 is 1.94 bits per heavy atom. The summed E-state index contributed by atoms with van der Waals surface area (Å²) in [5.41, 5.74) is 6.15. The van der Waals surface area contributed by atoms with Gasteiger partial charge in [0.05, 0.1) is 5.56 Å². The zero-order chi connectivity index (χ0) is 13.1. The molecule has 0 bridgehead atoms. The van der Waals surface area contributed by atoms with Crippen LogP contribution in [0, 0.1) is 0 Å². The second-order valence-electron chi connectivity index (χ2n) is 3.97. The van der Waals surface area contributed by atoms with Gasteiger partial charge >= 0.3 is 6.18 Å². The normalized spacial score (nSPS) is 11.6. The minimum absolute atomic E-state index is 0.104. The van der Waals surface area contributed by atoms with Crippen LogP contribution in [0.1, 0.15) is 24.5 Å². The average molecular weight is 246 g/mol. The number of benzene rings is 1. The van der Waals surface area contributed by atoms with Gasteiger partial charge in [-0.05, 0) is 30.2 Å². The molecule has 96 valence electrons. The maximum atomic E-state index is 12.5. The Labute approximate surface area is 99.2 Å². The van der Waals surface area contributed by atoms with E-state index in [0.717, 1.165) is 30.8 Å². The lowest BCUT2D eigenvalue weighted by molar-refractivity contribution is -0.137. The maximum absolute atomic E-state index is 12.5. The van der Waals surface area contributed by atoms with Gasteiger partial charge in [0.25, 0.3) is 0 Å². The van der Waals surface area contributed by atoms with Gasteiger partial charge < -0.3 is 10.6 Å². The number of anilines is 1. The lowest BCUT2D eigenvalue weighted by atomic mass is 10.1. The van der Waals surface area contributed by atoms with Crippen LogP contribution in [0.2, 0.25) is 0 Å². The second kappa shape index (κ2) is 5.40. The van der Waals surface area contributed by atoms with Crippen molar-refractivity contribution in [2.24, 2.45) is 5.73 Å². The molecule has 5 heteroatoms. The molecular formula is C12H17F3N2. The van der Waals surface area contributed by atoms with E-state index in [0.29, 0.717) is 5.56 Å². The molecule has 0 spiro atoms. The van der Waals surface area contributed by atoms with Crippen LogP contribution in [-0.4, -0.2) is 13.6 Å². The van der Waals surface area contributed by atoms with E-state index in [1.165, 1.54) is 6.07 Å². The third-order valence-corrected chi connectivity index (χ3v) is 2.60. The summed E-state index contributed by atoms with van der Waals surface area (Å²) in [5.74, 6) is 0. The first kappa shape index (κ1) is 13.8. The summed E-state index contributed by atoms with van der Waals surface area (Å²) in [6.45, 7) is 2.91. The monoisotopic (exact) mass is 246 g/mol. The van der Waals surface area contributed by atoms with E-state index < -0.39 is 11.7 Å². The number of halogens is 3. The number of rotatable bonds is 4. The molecule has 0 aromatic heterocycles. The Morgan fingerprint density at radius 1 is 1.29 bits per heavy atom. The number of nitrogens with two attached hydrogens (primary N) is 1.